The second kappa shape index (κ2) is 4.71. The topological polar surface area (TPSA) is 55.7 Å². The standard InChI is InChI=1S/C13H14N4OS/c1-8(7-18-2)17-12-11(15-16-13(17)19)9-5-3-4-6-10(9)14-12/h3-6,8,14H,7H2,1-2H3/t8-/m0/s1. The molecule has 19 heavy (non-hydrogen) atoms. The zero-order valence-electron chi connectivity index (χ0n) is 10.8. The van der Waals surface area contributed by atoms with E-state index in [1.807, 2.05) is 35.8 Å². The molecule has 1 atom stereocenters. The van der Waals surface area contributed by atoms with Crippen LogP contribution in [-0.2, 0) is 4.74 Å². The van der Waals surface area contributed by atoms with E-state index in [1.165, 1.54) is 0 Å². The van der Waals surface area contributed by atoms with Gasteiger partial charge in [0.05, 0.1) is 12.6 Å². The van der Waals surface area contributed by atoms with Gasteiger partial charge < -0.3 is 9.72 Å². The Morgan fingerprint density at radius 1 is 1.37 bits per heavy atom. The average Bonchev–Trinajstić information content (AvgIpc) is 2.76. The molecule has 0 saturated carbocycles. The van der Waals surface area contributed by atoms with Crippen molar-refractivity contribution in [3.05, 3.63) is 29.0 Å². The van der Waals surface area contributed by atoms with Gasteiger partial charge in [0.1, 0.15) is 11.2 Å². The highest BCUT2D eigenvalue weighted by molar-refractivity contribution is 7.71. The van der Waals surface area contributed by atoms with Crippen LogP contribution in [-0.4, -0.2) is 33.5 Å². The maximum Gasteiger partial charge on any atom is 0.222 e. The van der Waals surface area contributed by atoms with E-state index in [2.05, 4.69) is 15.2 Å². The monoisotopic (exact) mass is 274 g/mol. The lowest BCUT2D eigenvalue weighted by Crippen LogP contribution is -2.15. The third-order valence-electron chi connectivity index (χ3n) is 3.19. The summed E-state index contributed by atoms with van der Waals surface area (Å²) in [7, 11) is 1.68. The molecule has 0 spiro atoms. The lowest BCUT2D eigenvalue weighted by Gasteiger charge is -2.15. The maximum absolute atomic E-state index is 5.29. The number of hydrogen-bond acceptors (Lipinski definition) is 4. The summed E-state index contributed by atoms with van der Waals surface area (Å²) in [6, 6.07) is 8.12. The predicted octanol–water partition coefficient (Wildman–Crippen LogP) is 2.85. The number of rotatable bonds is 3. The van der Waals surface area contributed by atoms with Crippen molar-refractivity contribution in [1.82, 2.24) is 19.7 Å². The number of ether oxygens (including phenoxy) is 1. The van der Waals surface area contributed by atoms with E-state index in [4.69, 9.17) is 17.0 Å². The minimum atomic E-state index is 0.101. The van der Waals surface area contributed by atoms with Crippen LogP contribution in [0.2, 0.25) is 0 Å². The molecule has 0 unspecified atom stereocenters. The summed E-state index contributed by atoms with van der Waals surface area (Å²) in [4.78, 5) is 3.36. The molecule has 98 valence electrons. The molecule has 0 aliphatic carbocycles. The second-order valence-corrected chi connectivity index (χ2v) is 4.89. The summed E-state index contributed by atoms with van der Waals surface area (Å²) in [5, 5.41) is 9.36. The fourth-order valence-corrected chi connectivity index (χ4v) is 2.66. The van der Waals surface area contributed by atoms with Gasteiger partial charge in [-0.3, -0.25) is 4.57 Å². The zero-order chi connectivity index (χ0) is 13.4. The van der Waals surface area contributed by atoms with E-state index in [0.717, 1.165) is 22.1 Å². The van der Waals surface area contributed by atoms with Crippen molar-refractivity contribution in [2.24, 2.45) is 0 Å². The van der Waals surface area contributed by atoms with Gasteiger partial charge in [0, 0.05) is 18.0 Å². The number of aromatic amines is 1. The van der Waals surface area contributed by atoms with Gasteiger partial charge in [0.2, 0.25) is 4.77 Å². The first-order valence-corrected chi connectivity index (χ1v) is 6.47. The third kappa shape index (κ3) is 1.93. The summed E-state index contributed by atoms with van der Waals surface area (Å²) in [6.07, 6.45) is 0. The molecule has 0 radical (unpaired) electrons. The van der Waals surface area contributed by atoms with E-state index < -0.39 is 0 Å². The Morgan fingerprint density at radius 3 is 2.95 bits per heavy atom. The Kier molecular flexibility index (Phi) is 3.04. The Balaban J connectivity index is 2.36. The van der Waals surface area contributed by atoms with Gasteiger partial charge in [0.25, 0.3) is 0 Å². The van der Waals surface area contributed by atoms with E-state index in [-0.39, 0.29) is 6.04 Å². The number of para-hydroxylation sites is 1. The van der Waals surface area contributed by atoms with Crippen molar-refractivity contribution >= 4 is 34.3 Å². The number of hydrogen-bond donors (Lipinski definition) is 1. The molecule has 2 aromatic heterocycles. The van der Waals surface area contributed by atoms with Crippen molar-refractivity contribution < 1.29 is 4.74 Å². The number of nitrogens with zero attached hydrogens (tertiary/aromatic N) is 3. The number of methoxy groups -OCH3 is 1. The van der Waals surface area contributed by atoms with Gasteiger partial charge in [-0.2, -0.15) is 0 Å². The summed E-state index contributed by atoms with van der Waals surface area (Å²) in [5.41, 5.74) is 2.77. The van der Waals surface area contributed by atoms with Crippen LogP contribution in [0, 0.1) is 4.77 Å². The fourth-order valence-electron chi connectivity index (χ4n) is 2.35. The molecule has 1 aromatic carbocycles. The minimum Gasteiger partial charge on any atom is -0.383 e. The van der Waals surface area contributed by atoms with Gasteiger partial charge in [-0.05, 0) is 25.2 Å². The normalized spacial score (nSPS) is 13.2. The van der Waals surface area contributed by atoms with Crippen LogP contribution in [0.4, 0.5) is 0 Å². The Hall–Kier alpha value is -1.79. The quantitative estimate of drug-likeness (QED) is 0.746. The van der Waals surface area contributed by atoms with Crippen LogP contribution in [0.15, 0.2) is 24.3 Å². The summed E-state index contributed by atoms with van der Waals surface area (Å²) in [5.74, 6) is 0. The largest absolute Gasteiger partial charge is 0.383 e. The molecule has 2 heterocycles. The van der Waals surface area contributed by atoms with Crippen LogP contribution < -0.4 is 0 Å². The van der Waals surface area contributed by atoms with Crippen molar-refractivity contribution in [2.45, 2.75) is 13.0 Å². The molecule has 3 aromatic rings. The number of H-pyrrole nitrogens is 1. The molecule has 0 amide bonds. The molecule has 0 saturated heterocycles. The molecule has 0 aliphatic rings. The number of benzene rings is 1. The lowest BCUT2D eigenvalue weighted by atomic mass is 10.2. The smallest absolute Gasteiger partial charge is 0.222 e. The van der Waals surface area contributed by atoms with Crippen molar-refractivity contribution in [3.8, 4) is 0 Å². The van der Waals surface area contributed by atoms with Crippen LogP contribution in [0.1, 0.15) is 13.0 Å². The highest BCUT2D eigenvalue weighted by atomic mass is 32.1. The van der Waals surface area contributed by atoms with Crippen molar-refractivity contribution in [1.29, 1.82) is 0 Å². The molecule has 0 bridgehead atoms. The van der Waals surface area contributed by atoms with E-state index in [1.54, 1.807) is 7.11 Å². The van der Waals surface area contributed by atoms with Crippen molar-refractivity contribution in [3.63, 3.8) is 0 Å². The fraction of sp³-hybridized carbons (Fsp3) is 0.308. The van der Waals surface area contributed by atoms with Gasteiger partial charge >= 0.3 is 0 Å². The Morgan fingerprint density at radius 2 is 2.16 bits per heavy atom. The molecule has 1 N–H and O–H groups in total. The van der Waals surface area contributed by atoms with E-state index in [0.29, 0.717) is 11.4 Å². The van der Waals surface area contributed by atoms with Crippen LogP contribution in [0.5, 0.6) is 0 Å². The Bertz CT molecular complexity index is 792. The molecular formula is C13H14N4OS. The van der Waals surface area contributed by atoms with E-state index in [9.17, 15) is 0 Å². The number of aromatic nitrogens is 4. The summed E-state index contributed by atoms with van der Waals surface area (Å²) < 4.78 is 7.63. The SMILES string of the molecule is COC[C@H](C)n1c(=S)nnc2c3ccccc3[nH]c21. The van der Waals surface area contributed by atoms with Crippen LogP contribution >= 0.6 is 12.2 Å². The minimum absolute atomic E-state index is 0.101. The zero-order valence-corrected chi connectivity index (χ0v) is 11.6. The van der Waals surface area contributed by atoms with Crippen LogP contribution in [0.3, 0.4) is 0 Å². The molecular weight excluding hydrogens is 260 g/mol. The van der Waals surface area contributed by atoms with E-state index >= 15 is 0 Å². The molecule has 0 fully saturated rings. The average molecular weight is 274 g/mol. The highest BCUT2D eigenvalue weighted by Crippen LogP contribution is 2.24. The first-order valence-electron chi connectivity index (χ1n) is 6.07. The van der Waals surface area contributed by atoms with Gasteiger partial charge in [-0.15, -0.1) is 10.2 Å². The van der Waals surface area contributed by atoms with Crippen LogP contribution in [0.25, 0.3) is 22.1 Å². The second-order valence-electron chi connectivity index (χ2n) is 4.52. The number of nitrogens with one attached hydrogen (secondary N) is 1. The molecule has 6 heteroatoms. The predicted molar refractivity (Wildman–Crippen MR) is 76.8 cm³/mol. The maximum atomic E-state index is 5.29. The molecule has 5 nitrogen and oxygen atoms in total. The molecule has 0 aliphatic heterocycles. The summed E-state index contributed by atoms with van der Waals surface area (Å²) in [6.45, 7) is 2.62. The molecule has 3 rings (SSSR count). The highest BCUT2D eigenvalue weighted by Gasteiger charge is 2.14. The third-order valence-corrected chi connectivity index (χ3v) is 3.47. The Labute approximate surface area is 115 Å². The lowest BCUT2D eigenvalue weighted by molar-refractivity contribution is 0.162. The van der Waals surface area contributed by atoms with Gasteiger partial charge in [0.15, 0.2) is 0 Å². The van der Waals surface area contributed by atoms with Crippen molar-refractivity contribution in [2.75, 3.05) is 13.7 Å². The van der Waals surface area contributed by atoms with Gasteiger partial charge in [-0.25, -0.2) is 0 Å². The first-order chi connectivity index (χ1) is 9.22. The number of fused-ring (bicyclic) bond motifs is 3. The first kappa shape index (κ1) is 12.3. The summed E-state index contributed by atoms with van der Waals surface area (Å²) >= 11 is 5.29. The van der Waals surface area contributed by atoms with Gasteiger partial charge in [-0.1, -0.05) is 18.2 Å².